The van der Waals surface area contributed by atoms with Gasteiger partial charge < -0.3 is 19.7 Å². The van der Waals surface area contributed by atoms with Crippen molar-refractivity contribution in [1.29, 1.82) is 0 Å². The number of amides is 2. The third kappa shape index (κ3) is 4.72. The van der Waals surface area contributed by atoms with Crippen molar-refractivity contribution in [2.45, 2.75) is 51.1 Å². The van der Waals surface area contributed by atoms with Gasteiger partial charge in [-0.3, -0.25) is 0 Å². The number of likely N-dealkylation sites (tertiary alicyclic amines) is 1. The molecule has 0 bridgehead atoms. The van der Waals surface area contributed by atoms with Crippen LogP contribution in [0.3, 0.4) is 0 Å². The van der Waals surface area contributed by atoms with E-state index in [1.807, 2.05) is 17.8 Å². The number of likely N-dealkylation sites (N-methyl/N-ethyl adjacent to an activating group) is 1. The molecule has 24 heavy (non-hydrogen) atoms. The van der Waals surface area contributed by atoms with Crippen LogP contribution < -0.4 is 5.32 Å². The van der Waals surface area contributed by atoms with Crippen molar-refractivity contribution in [2.75, 3.05) is 33.2 Å². The van der Waals surface area contributed by atoms with E-state index in [0.717, 1.165) is 25.7 Å². The van der Waals surface area contributed by atoms with Gasteiger partial charge in [0.1, 0.15) is 0 Å². The van der Waals surface area contributed by atoms with Gasteiger partial charge >= 0.3 is 6.03 Å². The summed E-state index contributed by atoms with van der Waals surface area (Å²) in [6.45, 7) is 4.65. The molecule has 1 unspecified atom stereocenters. The van der Waals surface area contributed by atoms with Gasteiger partial charge in [0.2, 0.25) is 0 Å². The minimum absolute atomic E-state index is 0.0335. The average molecular weight is 333 g/mol. The standard InChI is InChI=1S/C18H31N5O/c1-21(11-12-22-10-8-19-15-22)18(24)20-13-16-7-9-23(14-16)17-5-3-2-4-6-17/h8,10,15-17H,2-7,9,11-14H2,1H3,(H,20,24). The molecular formula is C18H31N5O. The van der Waals surface area contributed by atoms with E-state index in [2.05, 4.69) is 15.2 Å². The quantitative estimate of drug-likeness (QED) is 0.868. The lowest BCUT2D eigenvalue weighted by atomic mass is 9.94. The van der Waals surface area contributed by atoms with Gasteiger partial charge in [0.25, 0.3) is 0 Å². The first kappa shape index (κ1) is 17.3. The molecule has 1 aliphatic heterocycles. The summed E-state index contributed by atoms with van der Waals surface area (Å²) in [5, 5.41) is 3.11. The number of nitrogens with zero attached hydrogens (tertiary/aromatic N) is 4. The number of urea groups is 1. The SMILES string of the molecule is CN(CCn1ccnc1)C(=O)NCC1CCN(C2CCCCC2)C1. The zero-order valence-corrected chi connectivity index (χ0v) is 14.9. The maximum absolute atomic E-state index is 12.2. The molecule has 1 atom stereocenters. The maximum Gasteiger partial charge on any atom is 0.317 e. The number of carbonyl (C=O) groups is 1. The number of aromatic nitrogens is 2. The van der Waals surface area contributed by atoms with Gasteiger partial charge in [-0.2, -0.15) is 0 Å². The van der Waals surface area contributed by atoms with Gasteiger partial charge in [0.05, 0.1) is 6.33 Å². The number of carbonyl (C=O) groups excluding carboxylic acids is 1. The molecular weight excluding hydrogens is 302 g/mol. The van der Waals surface area contributed by atoms with Gasteiger partial charge in [0.15, 0.2) is 0 Å². The Kier molecular flexibility index (Phi) is 6.12. The lowest BCUT2D eigenvalue weighted by Gasteiger charge is -2.31. The molecule has 2 fully saturated rings. The lowest BCUT2D eigenvalue weighted by Crippen LogP contribution is -2.41. The minimum atomic E-state index is 0.0335. The van der Waals surface area contributed by atoms with E-state index in [-0.39, 0.29) is 6.03 Å². The Hall–Kier alpha value is -1.56. The Morgan fingerprint density at radius 3 is 2.88 bits per heavy atom. The summed E-state index contributed by atoms with van der Waals surface area (Å²) in [7, 11) is 1.86. The summed E-state index contributed by atoms with van der Waals surface area (Å²) in [6, 6.07) is 0.837. The monoisotopic (exact) mass is 333 g/mol. The fourth-order valence-corrected chi connectivity index (χ4v) is 3.96. The first-order valence-corrected chi connectivity index (χ1v) is 9.41. The number of hydrogen-bond donors (Lipinski definition) is 1. The van der Waals surface area contributed by atoms with Crippen LogP contribution in [0.5, 0.6) is 0 Å². The predicted molar refractivity (Wildman–Crippen MR) is 94.8 cm³/mol. The molecule has 2 heterocycles. The van der Waals surface area contributed by atoms with E-state index >= 15 is 0 Å². The second-order valence-corrected chi connectivity index (χ2v) is 7.35. The fourth-order valence-electron chi connectivity index (χ4n) is 3.96. The van der Waals surface area contributed by atoms with Crippen LogP contribution in [-0.4, -0.2) is 64.7 Å². The molecule has 0 radical (unpaired) electrons. The van der Waals surface area contributed by atoms with Gasteiger partial charge in [-0.25, -0.2) is 9.78 Å². The number of hydrogen-bond acceptors (Lipinski definition) is 3. The molecule has 0 aromatic carbocycles. The average Bonchev–Trinajstić information content (AvgIpc) is 3.30. The molecule has 2 amide bonds. The van der Waals surface area contributed by atoms with Crippen LogP contribution in [0.25, 0.3) is 0 Å². The molecule has 1 aromatic rings. The van der Waals surface area contributed by atoms with Crippen molar-refractivity contribution in [1.82, 2.24) is 24.7 Å². The predicted octanol–water partition coefficient (Wildman–Crippen LogP) is 2.18. The smallest absolute Gasteiger partial charge is 0.317 e. The topological polar surface area (TPSA) is 53.4 Å². The molecule has 6 nitrogen and oxygen atoms in total. The van der Waals surface area contributed by atoms with Crippen molar-refractivity contribution in [2.24, 2.45) is 5.92 Å². The summed E-state index contributed by atoms with van der Waals surface area (Å²) >= 11 is 0. The van der Waals surface area contributed by atoms with Crippen molar-refractivity contribution in [3.05, 3.63) is 18.7 Å². The van der Waals surface area contributed by atoms with E-state index in [1.165, 1.54) is 45.1 Å². The minimum Gasteiger partial charge on any atom is -0.338 e. The Labute approximate surface area is 145 Å². The van der Waals surface area contributed by atoms with E-state index in [1.54, 1.807) is 17.4 Å². The second kappa shape index (κ2) is 8.51. The normalized spacial score (nSPS) is 22.6. The highest BCUT2D eigenvalue weighted by atomic mass is 16.2. The zero-order valence-electron chi connectivity index (χ0n) is 14.9. The van der Waals surface area contributed by atoms with Crippen molar-refractivity contribution < 1.29 is 4.79 Å². The summed E-state index contributed by atoms with van der Waals surface area (Å²) < 4.78 is 1.99. The molecule has 1 aliphatic carbocycles. The van der Waals surface area contributed by atoms with Crippen LogP contribution >= 0.6 is 0 Å². The van der Waals surface area contributed by atoms with Gasteiger partial charge in [-0.05, 0) is 31.7 Å². The third-order valence-corrected chi connectivity index (χ3v) is 5.55. The Balaban J connectivity index is 1.34. The summed E-state index contributed by atoms with van der Waals surface area (Å²) in [4.78, 5) is 20.7. The van der Waals surface area contributed by atoms with Crippen molar-refractivity contribution in [3.8, 4) is 0 Å². The first-order valence-electron chi connectivity index (χ1n) is 9.41. The number of rotatable bonds is 6. The third-order valence-electron chi connectivity index (χ3n) is 5.55. The molecule has 134 valence electrons. The van der Waals surface area contributed by atoms with Crippen LogP contribution in [0.2, 0.25) is 0 Å². The lowest BCUT2D eigenvalue weighted by molar-refractivity contribution is 0.183. The van der Waals surface area contributed by atoms with Gasteiger partial charge in [-0.15, -0.1) is 0 Å². The fraction of sp³-hybridized carbons (Fsp3) is 0.778. The highest BCUT2D eigenvalue weighted by Crippen LogP contribution is 2.27. The Morgan fingerprint density at radius 1 is 1.29 bits per heavy atom. The van der Waals surface area contributed by atoms with E-state index in [4.69, 9.17) is 0 Å². The van der Waals surface area contributed by atoms with Crippen LogP contribution in [-0.2, 0) is 6.54 Å². The zero-order chi connectivity index (χ0) is 16.8. The Morgan fingerprint density at radius 2 is 2.12 bits per heavy atom. The number of imidazole rings is 1. The molecule has 0 spiro atoms. The van der Waals surface area contributed by atoms with Crippen LogP contribution in [0.4, 0.5) is 4.79 Å². The molecule has 6 heteroatoms. The maximum atomic E-state index is 12.2. The highest BCUT2D eigenvalue weighted by Gasteiger charge is 2.29. The molecule has 2 aliphatic rings. The van der Waals surface area contributed by atoms with E-state index < -0.39 is 0 Å². The summed E-state index contributed by atoms with van der Waals surface area (Å²) in [6.07, 6.45) is 13.6. The van der Waals surface area contributed by atoms with Crippen LogP contribution in [0.1, 0.15) is 38.5 Å². The molecule has 1 saturated heterocycles. The van der Waals surface area contributed by atoms with Crippen molar-refractivity contribution in [3.63, 3.8) is 0 Å². The molecule has 1 aromatic heterocycles. The second-order valence-electron chi connectivity index (χ2n) is 7.35. The Bertz CT molecular complexity index is 498. The van der Waals surface area contributed by atoms with Crippen LogP contribution in [0, 0.1) is 5.92 Å². The van der Waals surface area contributed by atoms with E-state index in [9.17, 15) is 4.79 Å². The summed E-state index contributed by atoms with van der Waals surface area (Å²) in [5.74, 6) is 0.609. The molecule has 3 rings (SSSR count). The molecule has 1 saturated carbocycles. The summed E-state index contributed by atoms with van der Waals surface area (Å²) in [5.41, 5.74) is 0. The van der Waals surface area contributed by atoms with Gasteiger partial charge in [0, 0.05) is 51.7 Å². The number of nitrogens with one attached hydrogen (secondary N) is 1. The first-order chi connectivity index (χ1) is 11.7. The van der Waals surface area contributed by atoms with E-state index in [0.29, 0.717) is 12.5 Å². The largest absolute Gasteiger partial charge is 0.338 e. The molecule has 1 N–H and O–H groups in total. The van der Waals surface area contributed by atoms with Crippen molar-refractivity contribution >= 4 is 6.03 Å². The van der Waals surface area contributed by atoms with Gasteiger partial charge in [-0.1, -0.05) is 19.3 Å². The highest BCUT2D eigenvalue weighted by molar-refractivity contribution is 5.73. The van der Waals surface area contributed by atoms with Crippen LogP contribution in [0.15, 0.2) is 18.7 Å².